The van der Waals surface area contributed by atoms with Crippen molar-refractivity contribution in [1.82, 2.24) is 14.2 Å². The second kappa shape index (κ2) is 8.84. The van der Waals surface area contributed by atoms with Gasteiger partial charge in [-0.3, -0.25) is 19.4 Å². The zero-order chi connectivity index (χ0) is 23.5. The topological polar surface area (TPSA) is 56.8 Å². The zero-order valence-corrected chi connectivity index (χ0v) is 21.3. The van der Waals surface area contributed by atoms with E-state index < -0.39 is 0 Å². The second-order valence-corrected chi connectivity index (χ2v) is 12.6. The number of rotatable bonds is 5. The molecule has 3 saturated carbocycles. The van der Waals surface area contributed by atoms with Gasteiger partial charge in [0.15, 0.2) is 0 Å². The molecule has 2 bridgehead atoms. The largest absolute Gasteiger partial charge is 0.353 e. The number of anilines is 1. The first-order chi connectivity index (χ1) is 17.2. The Hall–Kier alpha value is -1.99. The number of hydrogen-bond acceptors (Lipinski definition) is 6. The number of carbonyl (C=O) groups is 2. The van der Waals surface area contributed by atoms with Gasteiger partial charge < -0.3 is 4.90 Å². The molecule has 1 aromatic carbocycles. The molecule has 2 aromatic rings. The highest BCUT2D eigenvalue weighted by Crippen LogP contribution is 2.56. The lowest BCUT2D eigenvalue weighted by atomic mass is 9.78. The van der Waals surface area contributed by atoms with Gasteiger partial charge in [0.2, 0.25) is 11.8 Å². The predicted octanol–water partition coefficient (Wildman–Crippen LogP) is 4.26. The minimum Gasteiger partial charge on any atom is -0.353 e. The van der Waals surface area contributed by atoms with Crippen LogP contribution in [0.15, 0.2) is 24.3 Å². The molecule has 35 heavy (non-hydrogen) atoms. The normalized spacial score (nSPS) is 35.4. The Morgan fingerprint density at radius 1 is 0.829 bits per heavy atom. The fourth-order valence-electron chi connectivity index (χ4n) is 8.22. The molecule has 0 spiro atoms. The Kier molecular flexibility index (Phi) is 5.61. The highest BCUT2D eigenvalue weighted by atomic mass is 32.1. The van der Waals surface area contributed by atoms with E-state index in [-0.39, 0.29) is 23.7 Å². The van der Waals surface area contributed by atoms with Crippen molar-refractivity contribution in [3.05, 3.63) is 24.3 Å². The van der Waals surface area contributed by atoms with Gasteiger partial charge in [-0.15, -0.1) is 0 Å². The molecule has 7 heteroatoms. The van der Waals surface area contributed by atoms with Gasteiger partial charge in [0.1, 0.15) is 5.82 Å². The van der Waals surface area contributed by atoms with Crippen molar-refractivity contribution in [2.45, 2.75) is 44.9 Å². The lowest BCUT2D eigenvalue weighted by molar-refractivity contribution is -0.142. The van der Waals surface area contributed by atoms with Crippen LogP contribution in [0.4, 0.5) is 5.82 Å². The van der Waals surface area contributed by atoms with E-state index >= 15 is 0 Å². The van der Waals surface area contributed by atoms with Crippen LogP contribution in [0.25, 0.3) is 10.1 Å². The fraction of sp³-hybridized carbons (Fsp3) is 0.679. The van der Waals surface area contributed by atoms with Gasteiger partial charge in [0, 0.05) is 44.7 Å². The first kappa shape index (κ1) is 22.2. The van der Waals surface area contributed by atoms with E-state index in [0.717, 1.165) is 64.2 Å². The third-order valence-electron chi connectivity index (χ3n) is 10.0. The molecule has 2 saturated heterocycles. The molecule has 2 aliphatic heterocycles. The van der Waals surface area contributed by atoms with Crippen LogP contribution in [0.1, 0.15) is 44.9 Å². The highest BCUT2D eigenvalue weighted by Gasteiger charge is 2.61. The van der Waals surface area contributed by atoms with Crippen molar-refractivity contribution < 1.29 is 9.59 Å². The fourth-order valence-corrected chi connectivity index (χ4v) is 9.02. The van der Waals surface area contributed by atoms with Crippen molar-refractivity contribution in [1.29, 1.82) is 0 Å². The maximum Gasteiger partial charge on any atom is 0.233 e. The smallest absolute Gasteiger partial charge is 0.233 e. The van der Waals surface area contributed by atoms with Crippen LogP contribution >= 0.6 is 11.5 Å². The van der Waals surface area contributed by atoms with Crippen LogP contribution in [-0.2, 0) is 9.59 Å². The first-order valence-corrected chi connectivity index (χ1v) is 14.6. The number of imide groups is 1. The molecule has 5 aliphatic rings. The lowest BCUT2D eigenvalue weighted by Crippen LogP contribution is -2.49. The predicted molar refractivity (Wildman–Crippen MR) is 138 cm³/mol. The summed E-state index contributed by atoms with van der Waals surface area (Å²) >= 11 is 1.60. The summed E-state index contributed by atoms with van der Waals surface area (Å²) in [6.45, 7) is 5.93. The average Bonchev–Trinajstić information content (AvgIpc) is 3.66. The van der Waals surface area contributed by atoms with E-state index in [1.807, 2.05) is 0 Å². The molecule has 0 N–H and O–H groups in total. The van der Waals surface area contributed by atoms with Crippen LogP contribution in [-0.4, -0.2) is 65.3 Å². The number of piperazine rings is 1. The minimum atomic E-state index is 0.0261. The Morgan fingerprint density at radius 2 is 1.49 bits per heavy atom. The molecule has 0 unspecified atom stereocenters. The summed E-state index contributed by atoms with van der Waals surface area (Å²) in [5.74, 6) is 3.59. The SMILES string of the molecule is O=C1[C@H]2[C@H]3CC[C@@H](C3)[C@@H]2C(=O)N1C[C@@H]1CCCC[C@@H]1CN1CCN(c2nsc3ccccc23)CC1. The maximum absolute atomic E-state index is 13.3. The van der Waals surface area contributed by atoms with Gasteiger partial charge in [-0.1, -0.05) is 25.0 Å². The standard InChI is InChI=1S/C28H36N4O2S/c33-27-24-18-9-10-19(15-18)25(24)28(34)32(27)17-21-6-2-1-5-20(21)16-30-11-13-31(14-12-30)26-22-7-3-4-8-23(22)35-29-26/h3-4,7-8,18-21,24-25H,1-2,5-6,9-17H2/t18-,19-,20+,21-,24-,25-/m0/s1. The summed E-state index contributed by atoms with van der Waals surface area (Å²) in [5.41, 5.74) is 0. The van der Waals surface area contributed by atoms with E-state index in [0.29, 0.717) is 30.2 Å². The van der Waals surface area contributed by atoms with Crippen molar-refractivity contribution in [3.8, 4) is 0 Å². The Morgan fingerprint density at radius 3 is 2.20 bits per heavy atom. The molecule has 3 aliphatic carbocycles. The Bertz CT molecular complexity index is 1100. The van der Waals surface area contributed by atoms with Crippen molar-refractivity contribution in [2.75, 3.05) is 44.2 Å². The molecule has 6 atom stereocenters. The third kappa shape index (κ3) is 3.72. The van der Waals surface area contributed by atoms with Gasteiger partial charge in [-0.05, 0) is 79.4 Å². The van der Waals surface area contributed by atoms with Crippen LogP contribution in [0.2, 0.25) is 0 Å². The monoisotopic (exact) mass is 492 g/mol. The third-order valence-corrected chi connectivity index (χ3v) is 10.8. The van der Waals surface area contributed by atoms with Crippen LogP contribution in [0, 0.1) is 35.5 Å². The molecular weight excluding hydrogens is 456 g/mol. The number of benzene rings is 1. The summed E-state index contributed by atoms with van der Waals surface area (Å²) in [4.78, 5) is 33.4. The van der Waals surface area contributed by atoms with Crippen LogP contribution < -0.4 is 4.90 Å². The summed E-state index contributed by atoms with van der Waals surface area (Å²) in [6.07, 6.45) is 8.35. The molecule has 2 amide bonds. The van der Waals surface area contributed by atoms with E-state index in [4.69, 9.17) is 4.37 Å². The molecular formula is C28H36N4O2S. The summed E-state index contributed by atoms with van der Waals surface area (Å²) in [7, 11) is 0. The molecule has 0 radical (unpaired) electrons. The Balaban J connectivity index is 0.986. The summed E-state index contributed by atoms with van der Waals surface area (Å²) in [5, 5.41) is 1.27. The van der Waals surface area contributed by atoms with E-state index in [1.54, 1.807) is 16.4 Å². The molecule has 5 fully saturated rings. The summed E-state index contributed by atoms with van der Waals surface area (Å²) < 4.78 is 6.02. The molecule has 186 valence electrons. The van der Waals surface area contributed by atoms with Gasteiger partial charge in [-0.2, -0.15) is 4.37 Å². The number of fused-ring (bicyclic) bond motifs is 6. The van der Waals surface area contributed by atoms with Gasteiger partial charge in [0.05, 0.1) is 16.5 Å². The number of amides is 2. The zero-order valence-electron chi connectivity index (χ0n) is 20.5. The first-order valence-electron chi connectivity index (χ1n) is 13.8. The molecule has 1 aromatic heterocycles. The molecule has 6 nitrogen and oxygen atoms in total. The van der Waals surface area contributed by atoms with Crippen LogP contribution in [0.3, 0.4) is 0 Å². The van der Waals surface area contributed by atoms with E-state index in [2.05, 4.69) is 34.1 Å². The number of likely N-dealkylation sites (tertiary alicyclic amines) is 1. The van der Waals surface area contributed by atoms with Gasteiger partial charge >= 0.3 is 0 Å². The number of aromatic nitrogens is 1. The molecule has 3 heterocycles. The van der Waals surface area contributed by atoms with E-state index in [9.17, 15) is 9.59 Å². The van der Waals surface area contributed by atoms with Gasteiger partial charge in [0.25, 0.3) is 0 Å². The second-order valence-electron chi connectivity index (χ2n) is 11.8. The maximum atomic E-state index is 13.3. The van der Waals surface area contributed by atoms with Gasteiger partial charge in [-0.25, -0.2) is 0 Å². The number of carbonyl (C=O) groups excluding carboxylic acids is 2. The number of hydrogen-bond donors (Lipinski definition) is 0. The van der Waals surface area contributed by atoms with Crippen LogP contribution in [0.5, 0.6) is 0 Å². The Labute approximate surface area is 211 Å². The summed E-state index contributed by atoms with van der Waals surface area (Å²) in [6, 6.07) is 8.54. The average molecular weight is 493 g/mol. The minimum absolute atomic E-state index is 0.0261. The van der Waals surface area contributed by atoms with Crippen molar-refractivity contribution >= 4 is 39.3 Å². The van der Waals surface area contributed by atoms with E-state index in [1.165, 1.54) is 29.3 Å². The highest BCUT2D eigenvalue weighted by molar-refractivity contribution is 7.13. The lowest BCUT2D eigenvalue weighted by Gasteiger charge is -2.40. The van der Waals surface area contributed by atoms with Crippen molar-refractivity contribution in [3.63, 3.8) is 0 Å². The number of nitrogens with zero attached hydrogens (tertiary/aromatic N) is 4. The molecule has 7 rings (SSSR count). The quantitative estimate of drug-likeness (QED) is 0.584. The van der Waals surface area contributed by atoms with Crippen molar-refractivity contribution in [2.24, 2.45) is 35.5 Å².